The molecule has 0 amide bonds. The van der Waals surface area contributed by atoms with E-state index in [4.69, 9.17) is 72.6 Å². The lowest BCUT2D eigenvalue weighted by Gasteiger charge is -2.46. The van der Waals surface area contributed by atoms with Gasteiger partial charge in [0.05, 0.1) is 35.2 Å². The van der Waals surface area contributed by atoms with E-state index in [2.05, 4.69) is 11.0 Å². The van der Waals surface area contributed by atoms with Gasteiger partial charge in [-0.15, -0.1) is 23.4 Å². The first-order chi connectivity index (χ1) is 18.1. The Morgan fingerprint density at radius 2 is 1.82 bits per heavy atom. The number of halogens is 5. The monoisotopic (exact) mass is 636 g/mol. The van der Waals surface area contributed by atoms with Gasteiger partial charge in [-0.05, 0) is 29.5 Å². The van der Waals surface area contributed by atoms with Crippen LogP contribution < -0.4 is 4.90 Å². The van der Waals surface area contributed by atoms with Gasteiger partial charge in [-0.1, -0.05) is 70.7 Å². The molecule has 0 radical (unpaired) electrons. The van der Waals surface area contributed by atoms with Gasteiger partial charge in [-0.25, -0.2) is 4.68 Å². The number of anilines is 1. The summed E-state index contributed by atoms with van der Waals surface area (Å²) in [4.78, 5) is 3.13. The molecule has 2 heterocycles. The number of thioether (sulfide) groups is 1. The van der Waals surface area contributed by atoms with Crippen molar-refractivity contribution in [3.8, 4) is 5.69 Å². The molecular weight excluding hydrogens is 610 g/mol. The van der Waals surface area contributed by atoms with Crippen LogP contribution in [0.25, 0.3) is 5.69 Å². The lowest BCUT2D eigenvalue weighted by Crippen LogP contribution is -2.53. The van der Waals surface area contributed by atoms with Gasteiger partial charge in [0.1, 0.15) is 21.5 Å². The summed E-state index contributed by atoms with van der Waals surface area (Å²) in [6.07, 6.45) is 1.98. The van der Waals surface area contributed by atoms with E-state index >= 15 is 0 Å². The van der Waals surface area contributed by atoms with Crippen LogP contribution in [0.1, 0.15) is 22.1 Å². The number of methoxy groups -OCH3 is 1. The number of aromatic nitrogens is 2. The predicted molar refractivity (Wildman–Crippen MR) is 160 cm³/mol. The lowest BCUT2D eigenvalue weighted by molar-refractivity contribution is 0.00114. The van der Waals surface area contributed by atoms with Crippen molar-refractivity contribution in [2.45, 2.75) is 28.5 Å². The molecule has 0 fully saturated rings. The summed E-state index contributed by atoms with van der Waals surface area (Å²) in [5.41, 5.74) is 3.65. The summed E-state index contributed by atoms with van der Waals surface area (Å²) >= 11 is 35.4. The van der Waals surface area contributed by atoms with Crippen molar-refractivity contribution in [2.75, 3.05) is 52.2 Å². The van der Waals surface area contributed by atoms with Gasteiger partial charge in [0, 0.05) is 44.9 Å². The molecule has 0 spiro atoms. The Labute approximate surface area is 253 Å². The van der Waals surface area contributed by atoms with Crippen molar-refractivity contribution in [1.29, 1.82) is 0 Å². The molecule has 0 saturated heterocycles. The zero-order valence-electron chi connectivity index (χ0n) is 21.5. The number of ether oxygens (including phenoxy) is 2. The maximum absolute atomic E-state index is 7.39. The standard InChI is InChI=1S/C26H29Cl5N4O2S/c1-33(2)25-19(24(38-4)32-35(25)22-20(28)11-17(27)12-21(22)29)14-34-13-16-7-5-6-8-18(16)23(30)26(34,31)15-37-10-9-36-3/h5-8,11-12,23H,9-10,13-15H2,1-4H3. The maximum atomic E-state index is 7.39. The Kier molecular flexibility index (Phi) is 10.1. The third kappa shape index (κ3) is 5.92. The van der Waals surface area contributed by atoms with Crippen molar-refractivity contribution >= 4 is 75.6 Å². The fourth-order valence-corrected chi connectivity index (χ4v) is 6.91. The number of alkyl halides is 2. The van der Waals surface area contributed by atoms with Gasteiger partial charge in [-0.3, -0.25) is 4.90 Å². The molecule has 206 valence electrons. The van der Waals surface area contributed by atoms with Crippen LogP contribution in [0.5, 0.6) is 0 Å². The molecule has 2 atom stereocenters. The highest BCUT2D eigenvalue weighted by Gasteiger charge is 2.47. The van der Waals surface area contributed by atoms with Crippen molar-refractivity contribution in [1.82, 2.24) is 14.7 Å². The third-order valence-electron chi connectivity index (χ3n) is 6.42. The van der Waals surface area contributed by atoms with Crippen LogP contribution in [-0.4, -0.2) is 67.0 Å². The van der Waals surface area contributed by atoms with Crippen LogP contribution in [0.4, 0.5) is 5.82 Å². The number of fused-ring (bicyclic) bond motifs is 1. The number of nitrogens with zero attached hydrogens (tertiary/aromatic N) is 4. The smallest absolute Gasteiger partial charge is 0.141 e. The van der Waals surface area contributed by atoms with E-state index < -0.39 is 10.4 Å². The minimum atomic E-state index is -1.01. The number of rotatable bonds is 10. The fourth-order valence-electron chi connectivity index (χ4n) is 4.64. The predicted octanol–water partition coefficient (Wildman–Crippen LogP) is 7.51. The Bertz CT molecular complexity index is 1270. The molecule has 2 unspecified atom stereocenters. The molecule has 1 aliphatic rings. The van der Waals surface area contributed by atoms with E-state index in [1.807, 2.05) is 43.5 Å². The first kappa shape index (κ1) is 30.1. The van der Waals surface area contributed by atoms with Gasteiger partial charge in [0.2, 0.25) is 0 Å². The highest BCUT2D eigenvalue weighted by Crippen LogP contribution is 2.48. The summed E-state index contributed by atoms with van der Waals surface area (Å²) in [7, 11) is 5.55. The van der Waals surface area contributed by atoms with Gasteiger partial charge >= 0.3 is 0 Å². The summed E-state index contributed by atoms with van der Waals surface area (Å²) in [5.74, 6) is 0.824. The van der Waals surface area contributed by atoms with Crippen molar-refractivity contribution in [3.63, 3.8) is 0 Å². The molecule has 38 heavy (non-hydrogen) atoms. The highest BCUT2D eigenvalue weighted by molar-refractivity contribution is 7.98. The average Bonchev–Trinajstić information content (AvgIpc) is 3.22. The third-order valence-corrected chi connectivity index (χ3v) is 9.20. The van der Waals surface area contributed by atoms with E-state index in [-0.39, 0.29) is 6.61 Å². The summed E-state index contributed by atoms with van der Waals surface area (Å²) in [6.45, 7) is 2.14. The minimum absolute atomic E-state index is 0.218. The second-order valence-corrected chi connectivity index (χ2v) is 12.3. The molecule has 4 rings (SSSR count). The number of benzene rings is 2. The second-order valence-electron chi connectivity index (χ2n) is 9.12. The van der Waals surface area contributed by atoms with Crippen LogP contribution in [0.2, 0.25) is 15.1 Å². The summed E-state index contributed by atoms with van der Waals surface area (Å²) in [5, 5.41) is 6.48. The molecule has 6 nitrogen and oxygen atoms in total. The zero-order chi connectivity index (χ0) is 27.6. The largest absolute Gasteiger partial charge is 0.382 e. The van der Waals surface area contributed by atoms with E-state index in [1.54, 1.807) is 23.9 Å². The minimum Gasteiger partial charge on any atom is -0.382 e. The molecule has 1 aliphatic heterocycles. The Balaban J connectivity index is 1.81. The summed E-state index contributed by atoms with van der Waals surface area (Å²) < 4.78 is 12.9. The molecule has 0 aliphatic carbocycles. The normalized spacial score (nSPS) is 19.6. The molecule has 0 saturated carbocycles. The fraction of sp³-hybridized carbons (Fsp3) is 0.423. The van der Waals surface area contributed by atoms with Crippen LogP contribution >= 0.6 is 69.8 Å². The average molecular weight is 639 g/mol. The van der Waals surface area contributed by atoms with Crippen molar-refractivity contribution in [2.24, 2.45) is 0 Å². The lowest BCUT2D eigenvalue weighted by atomic mass is 9.92. The molecular formula is C26H29Cl5N4O2S. The maximum Gasteiger partial charge on any atom is 0.141 e. The molecule has 0 bridgehead atoms. The zero-order valence-corrected chi connectivity index (χ0v) is 26.1. The molecule has 1 aromatic heterocycles. The van der Waals surface area contributed by atoms with Crippen molar-refractivity contribution < 1.29 is 9.47 Å². The first-order valence-corrected chi connectivity index (χ1v) is 15.0. The van der Waals surface area contributed by atoms with E-state index in [9.17, 15) is 0 Å². The quantitative estimate of drug-likeness (QED) is 0.0991. The van der Waals surface area contributed by atoms with Crippen LogP contribution in [0.3, 0.4) is 0 Å². The Morgan fingerprint density at radius 1 is 1.13 bits per heavy atom. The van der Waals surface area contributed by atoms with Gasteiger partial charge in [0.15, 0.2) is 0 Å². The highest BCUT2D eigenvalue weighted by atomic mass is 35.5. The summed E-state index contributed by atoms with van der Waals surface area (Å²) in [6, 6.07) is 11.4. The van der Waals surface area contributed by atoms with Gasteiger partial charge < -0.3 is 14.4 Å². The Morgan fingerprint density at radius 3 is 2.45 bits per heavy atom. The SMILES string of the molecule is COCCOCC1(Cl)C(Cl)c2ccccc2CN1Cc1c(SC)nn(-c2c(Cl)cc(Cl)cc2Cl)c1N(C)C. The first-order valence-electron chi connectivity index (χ1n) is 11.8. The molecule has 0 N–H and O–H groups in total. The van der Waals surface area contributed by atoms with Crippen LogP contribution in [-0.2, 0) is 22.6 Å². The topological polar surface area (TPSA) is 42.8 Å². The van der Waals surface area contributed by atoms with Crippen LogP contribution in [0.15, 0.2) is 41.4 Å². The Hall–Kier alpha value is -0.870. The second kappa shape index (κ2) is 12.8. The van der Waals surface area contributed by atoms with E-state index in [0.717, 1.165) is 27.5 Å². The van der Waals surface area contributed by atoms with E-state index in [0.29, 0.717) is 47.1 Å². The number of hydrogen-bond acceptors (Lipinski definition) is 6. The van der Waals surface area contributed by atoms with Crippen molar-refractivity contribution in [3.05, 3.63) is 68.2 Å². The van der Waals surface area contributed by atoms with Gasteiger partial charge in [0.25, 0.3) is 0 Å². The van der Waals surface area contributed by atoms with Gasteiger partial charge in [-0.2, -0.15) is 5.10 Å². The molecule has 2 aromatic carbocycles. The molecule has 3 aromatic rings. The number of hydrogen-bond donors (Lipinski definition) is 0. The molecule has 12 heteroatoms. The van der Waals surface area contributed by atoms with E-state index in [1.165, 1.54) is 11.8 Å². The van der Waals surface area contributed by atoms with Crippen LogP contribution in [0, 0.1) is 0 Å².